The first-order valence-corrected chi connectivity index (χ1v) is 13.8. The Morgan fingerprint density at radius 2 is 0.944 bits per heavy atom. The van der Waals surface area contributed by atoms with Gasteiger partial charge >= 0.3 is 45.9 Å². The van der Waals surface area contributed by atoms with E-state index in [1.54, 1.807) is 0 Å². The molecular formula is C27H53ClLiN6Ru. The minimum Gasteiger partial charge on any atom is 1.00 e. The van der Waals surface area contributed by atoms with E-state index in [2.05, 4.69) is 86.3 Å². The van der Waals surface area contributed by atoms with Gasteiger partial charge in [-0.05, 0) is 40.6 Å². The first-order valence-electron chi connectivity index (χ1n) is 11.6. The van der Waals surface area contributed by atoms with Gasteiger partial charge < -0.3 is 28.5 Å². The van der Waals surface area contributed by atoms with E-state index >= 15 is 0 Å². The maximum absolute atomic E-state index is 4.57. The number of hydrogen-bond donors (Lipinski definition) is 0. The Labute approximate surface area is 250 Å². The van der Waals surface area contributed by atoms with E-state index in [0.717, 1.165) is 0 Å². The number of hydrogen-bond acceptors (Lipinski definition) is 4. The van der Waals surface area contributed by atoms with Crippen molar-refractivity contribution in [3.05, 3.63) is 53.7 Å². The molecule has 0 N–H and O–H groups in total. The SMILES string of the molecule is CC(C)(C)N=N[N-]C(C)(C)C.CC(C)(C)N=N[N-]C(C)(C)C.Cc1ccc(C(C)C)cc1.[CH3-].[Cl][Ru+2].[Li+]. The van der Waals surface area contributed by atoms with Gasteiger partial charge in [0.2, 0.25) is 0 Å². The molecule has 207 valence electrons. The van der Waals surface area contributed by atoms with Crippen molar-refractivity contribution in [3.63, 3.8) is 0 Å². The molecule has 0 spiro atoms. The quantitative estimate of drug-likeness (QED) is 0.145. The second-order valence-electron chi connectivity index (χ2n) is 12.3. The summed E-state index contributed by atoms with van der Waals surface area (Å²) in [6.45, 7) is 30.5. The van der Waals surface area contributed by atoms with E-state index in [4.69, 9.17) is 0 Å². The molecule has 0 atom stereocenters. The van der Waals surface area contributed by atoms with Crippen molar-refractivity contribution in [2.75, 3.05) is 0 Å². The first kappa shape index (κ1) is 45.5. The molecule has 0 radical (unpaired) electrons. The van der Waals surface area contributed by atoms with E-state index in [9.17, 15) is 0 Å². The van der Waals surface area contributed by atoms with Gasteiger partial charge in [-0.1, -0.05) is 127 Å². The molecule has 0 saturated carbocycles. The normalized spacial score (nSPS) is 11.6. The Morgan fingerprint density at radius 1 is 0.667 bits per heavy atom. The molecular weight excluding hydrogens is 552 g/mol. The molecule has 1 aromatic rings. The van der Waals surface area contributed by atoms with Gasteiger partial charge in [-0.15, -0.1) is 0 Å². The Kier molecular flexibility index (Phi) is 27.1. The molecule has 6 nitrogen and oxygen atoms in total. The van der Waals surface area contributed by atoms with E-state index in [1.165, 1.54) is 11.1 Å². The number of benzene rings is 1. The van der Waals surface area contributed by atoms with Gasteiger partial charge in [0, 0.05) is 0 Å². The maximum Gasteiger partial charge on any atom is 1.00 e. The Bertz CT molecular complexity index is 645. The van der Waals surface area contributed by atoms with Crippen molar-refractivity contribution >= 4 is 9.69 Å². The van der Waals surface area contributed by atoms with E-state index in [-0.39, 0.29) is 48.4 Å². The van der Waals surface area contributed by atoms with Crippen LogP contribution in [0.1, 0.15) is 114 Å². The summed E-state index contributed by atoms with van der Waals surface area (Å²) in [5.41, 5.74) is 10.3. The second kappa shape index (κ2) is 21.5. The van der Waals surface area contributed by atoms with Gasteiger partial charge in [0.15, 0.2) is 0 Å². The smallest absolute Gasteiger partial charge is 1.00 e. The fraction of sp³-hybridized carbons (Fsp3) is 0.741. The van der Waals surface area contributed by atoms with Crippen LogP contribution in [0, 0.1) is 14.4 Å². The molecule has 0 aliphatic carbocycles. The summed E-state index contributed by atoms with van der Waals surface area (Å²) in [5, 5.41) is 15.5. The zero-order valence-electron chi connectivity index (χ0n) is 26.3. The van der Waals surface area contributed by atoms with Gasteiger partial charge in [0.05, 0.1) is 0 Å². The summed E-state index contributed by atoms with van der Waals surface area (Å²) in [4.78, 5) is 0. The van der Waals surface area contributed by atoms with Crippen LogP contribution >= 0.6 is 9.69 Å². The van der Waals surface area contributed by atoms with Crippen LogP contribution in [0.15, 0.2) is 44.9 Å². The average molecular weight is 605 g/mol. The largest absolute Gasteiger partial charge is 1.00 e. The van der Waals surface area contributed by atoms with E-state index in [1.807, 2.05) is 100 Å². The van der Waals surface area contributed by atoms with Crippen LogP contribution in [0.5, 0.6) is 0 Å². The van der Waals surface area contributed by atoms with E-state index in [0.29, 0.717) is 5.92 Å². The van der Waals surface area contributed by atoms with Gasteiger partial charge in [0.1, 0.15) is 0 Å². The molecule has 0 aliphatic heterocycles. The van der Waals surface area contributed by atoms with Crippen molar-refractivity contribution < 1.29 is 36.2 Å². The topological polar surface area (TPSA) is 77.6 Å². The van der Waals surface area contributed by atoms with Crippen LogP contribution in [0.4, 0.5) is 0 Å². The van der Waals surface area contributed by atoms with E-state index < -0.39 is 0 Å². The third kappa shape index (κ3) is 40.7. The van der Waals surface area contributed by atoms with Crippen LogP contribution < -0.4 is 18.9 Å². The Balaban J connectivity index is -0.000000125. The van der Waals surface area contributed by atoms with Crippen LogP contribution in [-0.4, -0.2) is 22.2 Å². The van der Waals surface area contributed by atoms with Crippen LogP contribution in [0.25, 0.3) is 10.9 Å². The molecule has 0 amide bonds. The fourth-order valence-corrected chi connectivity index (χ4v) is 1.53. The van der Waals surface area contributed by atoms with Crippen molar-refractivity contribution in [2.45, 2.75) is 132 Å². The van der Waals surface area contributed by atoms with Crippen LogP contribution in [0.3, 0.4) is 0 Å². The monoisotopic (exact) mass is 605 g/mol. The predicted molar refractivity (Wildman–Crippen MR) is 153 cm³/mol. The number of nitrogens with zero attached hydrogens (tertiary/aromatic N) is 6. The molecule has 0 aromatic heterocycles. The summed E-state index contributed by atoms with van der Waals surface area (Å²) >= 11 is 1.82. The molecule has 1 rings (SSSR count). The zero-order chi connectivity index (χ0) is 27.8. The molecule has 9 heteroatoms. The van der Waals surface area contributed by atoms with Crippen LogP contribution in [-0.2, 0) is 17.3 Å². The summed E-state index contributed by atoms with van der Waals surface area (Å²) in [7, 11) is 4.57. The van der Waals surface area contributed by atoms with Crippen molar-refractivity contribution in [1.82, 2.24) is 0 Å². The number of aryl methyl sites for hydroxylation is 1. The molecule has 1 aromatic carbocycles. The third-order valence-electron chi connectivity index (χ3n) is 3.12. The van der Waals surface area contributed by atoms with Gasteiger partial charge in [-0.2, -0.15) is 0 Å². The Hall–Kier alpha value is -0.469. The second-order valence-corrected chi connectivity index (χ2v) is 12.3. The van der Waals surface area contributed by atoms with Crippen molar-refractivity contribution in [3.8, 4) is 0 Å². The average Bonchev–Trinajstić information content (AvgIpc) is 2.60. The first-order chi connectivity index (χ1) is 15.1. The summed E-state index contributed by atoms with van der Waals surface area (Å²) in [6, 6.07) is 8.71. The third-order valence-corrected chi connectivity index (χ3v) is 3.12. The van der Waals surface area contributed by atoms with Crippen LogP contribution in [0.2, 0.25) is 0 Å². The molecule has 0 saturated heterocycles. The summed E-state index contributed by atoms with van der Waals surface area (Å²) in [5.74, 6) is 0.653. The van der Waals surface area contributed by atoms with Gasteiger partial charge in [0.25, 0.3) is 0 Å². The molecule has 0 heterocycles. The summed E-state index contributed by atoms with van der Waals surface area (Å²) in [6.07, 6.45) is 0. The standard InChI is InChI=1S/C10H14.2C8H18N3.CH3.ClH.Li.Ru/c1-8(2)10-6-4-9(3)5-7-10;2*1-7(2,3)9-11-10-8(4,5)6;;;;/h4-8H,1-3H3;2*1-6H3;1H3;1H;;/q;3*-1;;+1;+3/p-1. The Morgan fingerprint density at radius 3 is 1.14 bits per heavy atom. The molecule has 36 heavy (non-hydrogen) atoms. The zero-order valence-corrected chi connectivity index (χ0v) is 28.8. The minimum absolute atomic E-state index is 0. The van der Waals surface area contributed by atoms with Gasteiger partial charge in [-0.25, -0.2) is 0 Å². The maximum atomic E-state index is 4.57. The molecule has 0 unspecified atom stereocenters. The molecule has 0 bridgehead atoms. The molecule has 0 fully saturated rings. The predicted octanol–water partition coefficient (Wildman–Crippen LogP) is 7.91. The number of rotatable bonds is 3. The van der Waals surface area contributed by atoms with Crippen molar-refractivity contribution in [1.29, 1.82) is 0 Å². The fourth-order valence-electron chi connectivity index (χ4n) is 1.53. The van der Waals surface area contributed by atoms with Gasteiger partial charge in [-0.3, -0.25) is 10.4 Å². The number of halogens is 1. The molecule has 0 aliphatic rings. The van der Waals surface area contributed by atoms with Crippen molar-refractivity contribution in [2.24, 2.45) is 20.7 Å². The summed E-state index contributed by atoms with van der Waals surface area (Å²) < 4.78 is 0. The minimum atomic E-state index is -0.116.